The first-order chi connectivity index (χ1) is 12.3. The van der Waals surface area contributed by atoms with Crippen molar-refractivity contribution in [3.63, 3.8) is 0 Å². The highest BCUT2D eigenvalue weighted by atomic mass is 35.5. The number of halogens is 1. The zero-order valence-electron chi connectivity index (χ0n) is 14.8. The molecule has 5 heteroatoms. The molecule has 0 bridgehead atoms. The molecule has 0 saturated carbocycles. The number of amides is 1. The minimum absolute atomic E-state index is 0. The summed E-state index contributed by atoms with van der Waals surface area (Å²) in [6.45, 7) is 2.33. The van der Waals surface area contributed by atoms with Gasteiger partial charge >= 0.3 is 0 Å². The molecule has 1 unspecified atom stereocenters. The van der Waals surface area contributed by atoms with Crippen molar-refractivity contribution in [2.75, 3.05) is 13.1 Å². The first-order valence-corrected chi connectivity index (χ1v) is 9.10. The molecule has 2 aliphatic rings. The number of fused-ring (bicyclic) bond motifs is 1. The molecule has 0 aromatic heterocycles. The van der Waals surface area contributed by atoms with E-state index in [9.17, 15) is 4.79 Å². The van der Waals surface area contributed by atoms with Gasteiger partial charge in [-0.3, -0.25) is 4.79 Å². The molecular formula is C21H25ClN2O2. The van der Waals surface area contributed by atoms with E-state index in [1.165, 1.54) is 11.1 Å². The van der Waals surface area contributed by atoms with E-state index in [0.717, 1.165) is 44.6 Å². The standard InChI is InChI=1S/C21H24N2O2.ClH/c24-21(20-14-16-6-4-5-7-17(16)15-22-20)23-12-10-19(11-13-23)25-18-8-2-1-3-9-18;/h1-9,19-20,22H,10-15H2;1H. The fraction of sp³-hybridized carbons (Fsp3) is 0.381. The third-order valence-electron chi connectivity index (χ3n) is 5.18. The maximum atomic E-state index is 12.9. The van der Waals surface area contributed by atoms with E-state index >= 15 is 0 Å². The first kappa shape index (κ1) is 18.7. The molecule has 1 amide bonds. The van der Waals surface area contributed by atoms with Crippen LogP contribution < -0.4 is 10.1 Å². The Labute approximate surface area is 160 Å². The van der Waals surface area contributed by atoms with Crippen LogP contribution in [0.2, 0.25) is 0 Å². The van der Waals surface area contributed by atoms with E-state index in [0.29, 0.717) is 0 Å². The number of para-hydroxylation sites is 1. The number of benzene rings is 2. The van der Waals surface area contributed by atoms with E-state index < -0.39 is 0 Å². The van der Waals surface area contributed by atoms with Crippen LogP contribution in [0.15, 0.2) is 54.6 Å². The lowest BCUT2D eigenvalue weighted by Gasteiger charge is -2.35. The van der Waals surface area contributed by atoms with Crippen LogP contribution in [0, 0.1) is 0 Å². The molecule has 2 aromatic rings. The molecule has 0 spiro atoms. The fourth-order valence-electron chi connectivity index (χ4n) is 3.73. The summed E-state index contributed by atoms with van der Waals surface area (Å²) >= 11 is 0. The molecule has 26 heavy (non-hydrogen) atoms. The fourth-order valence-corrected chi connectivity index (χ4v) is 3.73. The van der Waals surface area contributed by atoms with Gasteiger partial charge in [0.2, 0.25) is 5.91 Å². The molecule has 1 N–H and O–H groups in total. The van der Waals surface area contributed by atoms with Crippen molar-refractivity contribution in [1.29, 1.82) is 0 Å². The summed E-state index contributed by atoms with van der Waals surface area (Å²) in [5.41, 5.74) is 2.60. The van der Waals surface area contributed by atoms with E-state index in [-0.39, 0.29) is 30.5 Å². The summed E-state index contributed by atoms with van der Waals surface area (Å²) in [5, 5.41) is 3.40. The highest BCUT2D eigenvalue weighted by Crippen LogP contribution is 2.21. The van der Waals surface area contributed by atoms with Gasteiger partial charge in [0.25, 0.3) is 0 Å². The SMILES string of the molecule is Cl.O=C(C1Cc2ccccc2CN1)N1CCC(Oc2ccccc2)CC1. The number of carbonyl (C=O) groups is 1. The van der Waals surface area contributed by atoms with Crippen molar-refractivity contribution in [3.8, 4) is 5.75 Å². The molecule has 1 atom stereocenters. The molecule has 138 valence electrons. The molecule has 0 radical (unpaired) electrons. The van der Waals surface area contributed by atoms with Crippen LogP contribution in [0.1, 0.15) is 24.0 Å². The minimum atomic E-state index is -0.0958. The van der Waals surface area contributed by atoms with E-state index in [1.54, 1.807) is 0 Å². The van der Waals surface area contributed by atoms with Gasteiger partial charge in [0.05, 0.1) is 6.04 Å². The third-order valence-corrected chi connectivity index (χ3v) is 5.18. The summed E-state index contributed by atoms with van der Waals surface area (Å²) < 4.78 is 6.02. The molecule has 2 heterocycles. The van der Waals surface area contributed by atoms with Gasteiger partial charge < -0.3 is 15.0 Å². The summed E-state index contributed by atoms with van der Waals surface area (Å²) in [6, 6.07) is 18.2. The van der Waals surface area contributed by atoms with Gasteiger partial charge in [0.15, 0.2) is 0 Å². The Hall–Kier alpha value is -2.04. The maximum absolute atomic E-state index is 12.9. The number of nitrogens with zero attached hydrogens (tertiary/aromatic N) is 1. The molecule has 1 fully saturated rings. The lowest BCUT2D eigenvalue weighted by molar-refractivity contribution is -0.135. The van der Waals surface area contributed by atoms with Gasteiger partial charge in [0, 0.05) is 32.5 Å². The van der Waals surface area contributed by atoms with Crippen LogP contribution in [0.4, 0.5) is 0 Å². The van der Waals surface area contributed by atoms with Crippen molar-refractivity contribution >= 4 is 18.3 Å². The highest BCUT2D eigenvalue weighted by molar-refractivity contribution is 5.85. The van der Waals surface area contributed by atoms with E-state index in [4.69, 9.17) is 4.74 Å². The number of piperidine rings is 1. The number of carbonyl (C=O) groups excluding carboxylic acids is 1. The average molecular weight is 373 g/mol. The predicted octanol–water partition coefficient (Wildman–Crippen LogP) is 3.19. The van der Waals surface area contributed by atoms with Gasteiger partial charge in [-0.2, -0.15) is 0 Å². The summed E-state index contributed by atoms with van der Waals surface area (Å²) in [6.07, 6.45) is 2.77. The number of rotatable bonds is 3. The molecular weight excluding hydrogens is 348 g/mol. The Morgan fingerprint density at radius 2 is 1.62 bits per heavy atom. The quantitative estimate of drug-likeness (QED) is 0.899. The van der Waals surface area contributed by atoms with Crippen LogP contribution >= 0.6 is 12.4 Å². The lowest BCUT2D eigenvalue weighted by Crippen LogP contribution is -2.52. The van der Waals surface area contributed by atoms with Gasteiger partial charge in [-0.15, -0.1) is 12.4 Å². The van der Waals surface area contributed by atoms with Crippen LogP contribution in [0.3, 0.4) is 0 Å². The molecule has 1 saturated heterocycles. The zero-order chi connectivity index (χ0) is 17.1. The zero-order valence-corrected chi connectivity index (χ0v) is 15.6. The second kappa shape index (κ2) is 8.56. The Bertz CT molecular complexity index is 730. The summed E-state index contributed by atoms with van der Waals surface area (Å²) in [7, 11) is 0. The second-order valence-electron chi connectivity index (χ2n) is 6.86. The van der Waals surface area contributed by atoms with E-state index in [1.807, 2.05) is 35.2 Å². The Morgan fingerprint density at radius 1 is 0.962 bits per heavy atom. The van der Waals surface area contributed by atoms with Gasteiger partial charge in [-0.1, -0.05) is 42.5 Å². The normalized spacial score (nSPS) is 20.0. The van der Waals surface area contributed by atoms with Gasteiger partial charge in [0.1, 0.15) is 11.9 Å². The van der Waals surface area contributed by atoms with Crippen LogP contribution in [-0.2, 0) is 17.8 Å². The third kappa shape index (κ3) is 4.19. The monoisotopic (exact) mass is 372 g/mol. The second-order valence-corrected chi connectivity index (χ2v) is 6.86. The van der Waals surface area contributed by atoms with Crippen molar-refractivity contribution in [2.45, 2.75) is 38.0 Å². The topological polar surface area (TPSA) is 41.6 Å². The first-order valence-electron chi connectivity index (χ1n) is 9.10. The van der Waals surface area contributed by atoms with Gasteiger partial charge in [-0.25, -0.2) is 0 Å². The lowest BCUT2D eigenvalue weighted by atomic mass is 9.94. The molecule has 2 aliphatic heterocycles. The largest absolute Gasteiger partial charge is 0.490 e. The molecule has 4 rings (SSSR count). The molecule has 4 nitrogen and oxygen atoms in total. The predicted molar refractivity (Wildman–Crippen MR) is 105 cm³/mol. The Morgan fingerprint density at radius 3 is 2.35 bits per heavy atom. The average Bonchev–Trinajstić information content (AvgIpc) is 2.68. The number of hydrogen-bond acceptors (Lipinski definition) is 3. The smallest absolute Gasteiger partial charge is 0.240 e. The van der Waals surface area contributed by atoms with E-state index in [2.05, 4.69) is 29.6 Å². The van der Waals surface area contributed by atoms with Crippen LogP contribution in [0.5, 0.6) is 5.75 Å². The van der Waals surface area contributed by atoms with Crippen LogP contribution in [-0.4, -0.2) is 36.0 Å². The maximum Gasteiger partial charge on any atom is 0.240 e. The van der Waals surface area contributed by atoms with Crippen molar-refractivity contribution in [3.05, 3.63) is 65.7 Å². The van der Waals surface area contributed by atoms with Crippen molar-refractivity contribution < 1.29 is 9.53 Å². The van der Waals surface area contributed by atoms with Crippen LogP contribution in [0.25, 0.3) is 0 Å². The number of nitrogens with one attached hydrogen (secondary N) is 1. The Balaban J connectivity index is 0.00000196. The number of ether oxygens (including phenoxy) is 1. The summed E-state index contributed by atoms with van der Waals surface area (Å²) in [5.74, 6) is 1.14. The Kier molecular flexibility index (Phi) is 6.17. The minimum Gasteiger partial charge on any atom is -0.490 e. The summed E-state index contributed by atoms with van der Waals surface area (Å²) in [4.78, 5) is 14.8. The van der Waals surface area contributed by atoms with Crippen molar-refractivity contribution in [1.82, 2.24) is 10.2 Å². The number of hydrogen-bond donors (Lipinski definition) is 1. The number of likely N-dealkylation sites (tertiary alicyclic amines) is 1. The highest BCUT2D eigenvalue weighted by Gasteiger charge is 2.30. The molecule has 2 aromatic carbocycles. The van der Waals surface area contributed by atoms with Crippen molar-refractivity contribution in [2.24, 2.45) is 0 Å². The molecule has 0 aliphatic carbocycles. The van der Waals surface area contributed by atoms with Gasteiger partial charge in [-0.05, 0) is 29.7 Å².